The van der Waals surface area contributed by atoms with E-state index in [4.69, 9.17) is 5.73 Å². The number of unbranched alkanes of at least 4 members (excludes halogenated alkanes) is 1. The lowest BCUT2D eigenvalue weighted by molar-refractivity contribution is 0.0999. The zero-order chi connectivity index (χ0) is 14.3. The Bertz CT molecular complexity index is 358. The summed E-state index contributed by atoms with van der Waals surface area (Å²) in [6.45, 7) is 5.89. The van der Waals surface area contributed by atoms with Crippen molar-refractivity contribution in [2.75, 3.05) is 13.6 Å². The normalized spacial score (nSPS) is 14.6. The molecule has 2 N–H and O–H groups in total. The van der Waals surface area contributed by atoms with Crippen molar-refractivity contribution in [2.45, 2.75) is 51.6 Å². The van der Waals surface area contributed by atoms with Crippen LogP contribution in [0.4, 0.5) is 4.39 Å². The van der Waals surface area contributed by atoms with E-state index in [2.05, 4.69) is 25.8 Å². The molecule has 1 aromatic rings. The summed E-state index contributed by atoms with van der Waals surface area (Å²) >= 11 is 0. The van der Waals surface area contributed by atoms with Crippen LogP contribution in [0.2, 0.25) is 0 Å². The Hall–Kier alpha value is -0.930. The largest absolute Gasteiger partial charge is 0.329 e. The number of likely N-dealkylation sites (N-methyl/N-ethyl adjacent to an activating group) is 1. The molecule has 0 aliphatic carbocycles. The van der Waals surface area contributed by atoms with Crippen LogP contribution in [0, 0.1) is 5.82 Å². The van der Waals surface area contributed by atoms with Gasteiger partial charge in [0.2, 0.25) is 0 Å². The number of hydrogen-bond donors (Lipinski definition) is 1. The molecule has 2 nitrogen and oxygen atoms in total. The molecular formula is C16H27FN2. The van der Waals surface area contributed by atoms with Crippen LogP contribution >= 0.6 is 0 Å². The molecule has 0 amide bonds. The molecular weight excluding hydrogens is 239 g/mol. The molecule has 19 heavy (non-hydrogen) atoms. The fourth-order valence-electron chi connectivity index (χ4n) is 2.58. The molecule has 0 aliphatic rings. The molecule has 1 aromatic carbocycles. The quantitative estimate of drug-likeness (QED) is 0.779. The standard InChI is InChI=1S/C16H27FN2/c1-4-6-11-16(5-2,13-18)19(3)12-14-7-9-15(17)10-8-14/h7-10H,4-6,11-13,18H2,1-3H3. The first-order valence-electron chi connectivity index (χ1n) is 7.23. The highest BCUT2D eigenvalue weighted by Crippen LogP contribution is 2.26. The van der Waals surface area contributed by atoms with E-state index in [0.29, 0.717) is 6.54 Å². The van der Waals surface area contributed by atoms with Gasteiger partial charge in [-0.1, -0.05) is 38.8 Å². The van der Waals surface area contributed by atoms with Gasteiger partial charge in [-0.05, 0) is 37.6 Å². The molecule has 0 bridgehead atoms. The number of halogens is 1. The first-order chi connectivity index (χ1) is 9.07. The fraction of sp³-hybridized carbons (Fsp3) is 0.625. The minimum atomic E-state index is -0.182. The molecule has 0 fully saturated rings. The molecule has 108 valence electrons. The Kier molecular flexibility index (Phi) is 6.46. The van der Waals surface area contributed by atoms with E-state index in [-0.39, 0.29) is 11.4 Å². The molecule has 3 heteroatoms. The molecule has 0 aliphatic heterocycles. The van der Waals surface area contributed by atoms with Gasteiger partial charge in [0.25, 0.3) is 0 Å². The lowest BCUT2D eigenvalue weighted by Crippen LogP contribution is -2.51. The predicted octanol–water partition coefficient (Wildman–Crippen LogP) is 3.56. The first-order valence-corrected chi connectivity index (χ1v) is 7.23. The molecule has 0 aromatic heterocycles. The van der Waals surface area contributed by atoms with E-state index < -0.39 is 0 Å². The van der Waals surface area contributed by atoms with Crippen molar-refractivity contribution < 1.29 is 4.39 Å². The van der Waals surface area contributed by atoms with Crippen LogP contribution < -0.4 is 5.73 Å². The molecule has 0 spiro atoms. The smallest absolute Gasteiger partial charge is 0.123 e. The van der Waals surface area contributed by atoms with Crippen LogP contribution in [-0.4, -0.2) is 24.0 Å². The van der Waals surface area contributed by atoms with E-state index in [9.17, 15) is 4.39 Å². The van der Waals surface area contributed by atoms with Gasteiger partial charge in [0.15, 0.2) is 0 Å². The van der Waals surface area contributed by atoms with E-state index in [1.807, 2.05) is 12.1 Å². The monoisotopic (exact) mass is 266 g/mol. The van der Waals surface area contributed by atoms with E-state index >= 15 is 0 Å². The molecule has 0 radical (unpaired) electrons. The highest BCUT2D eigenvalue weighted by atomic mass is 19.1. The Balaban J connectivity index is 2.75. The molecule has 0 saturated heterocycles. The Morgan fingerprint density at radius 1 is 1.21 bits per heavy atom. The second-order valence-corrected chi connectivity index (χ2v) is 5.37. The van der Waals surface area contributed by atoms with Crippen molar-refractivity contribution in [3.05, 3.63) is 35.6 Å². The average Bonchev–Trinajstić information content (AvgIpc) is 2.43. The van der Waals surface area contributed by atoms with Crippen LogP contribution in [0.1, 0.15) is 45.1 Å². The summed E-state index contributed by atoms with van der Waals surface area (Å²) in [5.74, 6) is -0.182. The minimum absolute atomic E-state index is 0.0599. The van der Waals surface area contributed by atoms with Crippen molar-refractivity contribution in [1.29, 1.82) is 0 Å². The van der Waals surface area contributed by atoms with Gasteiger partial charge in [-0.2, -0.15) is 0 Å². The second-order valence-electron chi connectivity index (χ2n) is 5.37. The van der Waals surface area contributed by atoms with Crippen LogP contribution in [0.5, 0.6) is 0 Å². The van der Waals surface area contributed by atoms with Crippen molar-refractivity contribution in [1.82, 2.24) is 4.90 Å². The number of benzene rings is 1. The maximum Gasteiger partial charge on any atom is 0.123 e. The van der Waals surface area contributed by atoms with Gasteiger partial charge in [0.05, 0.1) is 0 Å². The Labute approximate surface area is 116 Å². The van der Waals surface area contributed by atoms with E-state index in [1.54, 1.807) is 0 Å². The molecule has 1 unspecified atom stereocenters. The van der Waals surface area contributed by atoms with Crippen molar-refractivity contribution in [2.24, 2.45) is 5.73 Å². The topological polar surface area (TPSA) is 29.3 Å². The zero-order valence-corrected chi connectivity index (χ0v) is 12.5. The SMILES string of the molecule is CCCCC(CC)(CN)N(C)Cc1ccc(F)cc1. The Morgan fingerprint density at radius 2 is 1.84 bits per heavy atom. The lowest BCUT2D eigenvalue weighted by atomic mass is 9.87. The van der Waals surface area contributed by atoms with Gasteiger partial charge in [-0.15, -0.1) is 0 Å². The summed E-state index contributed by atoms with van der Waals surface area (Å²) in [4.78, 5) is 2.33. The molecule has 0 saturated carbocycles. The fourth-order valence-corrected chi connectivity index (χ4v) is 2.58. The van der Waals surface area contributed by atoms with E-state index in [1.165, 1.54) is 25.0 Å². The third-order valence-electron chi connectivity index (χ3n) is 4.18. The molecule has 1 atom stereocenters. The number of rotatable bonds is 8. The number of hydrogen-bond acceptors (Lipinski definition) is 2. The van der Waals surface area contributed by atoms with Crippen LogP contribution in [-0.2, 0) is 6.54 Å². The number of nitrogens with two attached hydrogens (primary N) is 1. The van der Waals surface area contributed by atoms with Crippen LogP contribution in [0.15, 0.2) is 24.3 Å². The minimum Gasteiger partial charge on any atom is -0.329 e. The van der Waals surface area contributed by atoms with Crippen molar-refractivity contribution in [3.8, 4) is 0 Å². The van der Waals surface area contributed by atoms with Crippen LogP contribution in [0.3, 0.4) is 0 Å². The van der Waals surface area contributed by atoms with E-state index in [0.717, 1.165) is 24.9 Å². The summed E-state index contributed by atoms with van der Waals surface area (Å²) in [7, 11) is 2.12. The van der Waals surface area contributed by atoms with Crippen molar-refractivity contribution >= 4 is 0 Å². The third-order valence-corrected chi connectivity index (χ3v) is 4.18. The van der Waals surface area contributed by atoms with Gasteiger partial charge in [0, 0.05) is 18.6 Å². The highest BCUT2D eigenvalue weighted by Gasteiger charge is 2.30. The zero-order valence-electron chi connectivity index (χ0n) is 12.5. The third kappa shape index (κ3) is 4.29. The van der Waals surface area contributed by atoms with Crippen LogP contribution in [0.25, 0.3) is 0 Å². The maximum absolute atomic E-state index is 12.9. The summed E-state index contributed by atoms with van der Waals surface area (Å²) in [6, 6.07) is 6.74. The second kappa shape index (κ2) is 7.61. The average molecular weight is 266 g/mol. The molecule has 0 heterocycles. The van der Waals surface area contributed by atoms with Gasteiger partial charge in [0.1, 0.15) is 5.82 Å². The maximum atomic E-state index is 12.9. The predicted molar refractivity (Wildman–Crippen MR) is 79.5 cm³/mol. The summed E-state index contributed by atoms with van der Waals surface area (Å²) in [6.07, 6.45) is 4.54. The Morgan fingerprint density at radius 3 is 2.32 bits per heavy atom. The molecule has 1 rings (SSSR count). The van der Waals surface area contributed by atoms with Gasteiger partial charge in [-0.25, -0.2) is 4.39 Å². The van der Waals surface area contributed by atoms with Gasteiger partial charge in [-0.3, -0.25) is 4.90 Å². The number of nitrogens with zero attached hydrogens (tertiary/aromatic N) is 1. The van der Waals surface area contributed by atoms with Gasteiger partial charge < -0.3 is 5.73 Å². The summed E-state index contributed by atoms with van der Waals surface area (Å²) in [5.41, 5.74) is 7.23. The first kappa shape index (κ1) is 16.1. The van der Waals surface area contributed by atoms with Gasteiger partial charge >= 0.3 is 0 Å². The summed E-state index contributed by atoms with van der Waals surface area (Å²) in [5, 5.41) is 0. The summed E-state index contributed by atoms with van der Waals surface area (Å²) < 4.78 is 12.9. The highest BCUT2D eigenvalue weighted by molar-refractivity contribution is 5.16. The lowest BCUT2D eigenvalue weighted by Gasteiger charge is -2.41. The van der Waals surface area contributed by atoms with Crippen molar-refractivity contribution in [3.63, 3.8) is 0 Å².